The highest BCUT2D eigenvalue weighted by Crippen LogP contribution is 2.24. The molecule has 2 unspecified atom stereocenters. The molecule has 0 heterocycles. The molecule has 0 aliphatic rings. The van der Waals surface area contributed by atoms with E-state index < -0.39 is 0 Å². The van der Waals surface area contributed by atoms with E-state index in [0.717, 1.165) is 24.8 Å². The van der Waals surface area contributed by atoms with Gasteiger partial charge in [-0.05, 0) is 36.5 Å². The lowest BCUT2D eigenvalue weighted by Crippen LogP contribution is -2.27. The van der Waals surface area contributed by atoms with E-state index >= 15 is 0 Å². The van der Waals surface area contributed by atoms with Crippen molar-refractivity contribution in [1.82, 2.24) is 0 Å². The fraction of sp³-hybridized carbons (Fsp3) is 0.538. The molecule has 1 nitrogen and oxygen atoms in total. The Balaban J connectivity index is 2.77. The van der Waals surface area contributed by atoms with E-state index in [9.17, 15) is 4.39 Å². The van der Waals surface area contributed by atoms with Crippen LogP contribution in [0, 0.1) is 5.82 Å². The molecule has 0 aliphatic carbocycles. The van der Waals surface area contributed by atoms with Gasteiger partial charge in [-0.2, -0.15) is 0 Å². The zero-order valence-electron chi connectivity index (χ0n) is 9.54. The summed E-state index contributed by atoms with van der Waals surface area (Å²) in [6, 6.07) is 6.90. The molecule has 0 amide bonds. The normalized spacial score (nSPS) is 14.9. The maximum Gasteiger partial charge on any atom is 0.123 e. The molecule has 84 valence electrons. The second-order valence-electron chi connectivity index (χ2n) is 4.02. The minimum Gasteiger partial charge on any atom is -0.327 e. The first-order valence-corrected chi connectivity index (χ1v) is 5.70. The Morgan fingerprint density at radius 3 is 2.27 bits per heavy atom. The van der Waals surface area contributed by atoms with Gasteiger partial charge in [-0.1, -0.05) is 32.4 Å². The molecule has 1 rings (SSSR count). The molecule has 0 spiro atoms. The zero-order valence-corrected chi connectivity index (χ0v) is 9.54. The van der Waals surface area contributed by atoms with Crippen LogP contribution in [0.5, 0.6) is 0 Å². The highest BCUT2D eigenvalue weighted by Gasteiger charge is 2.16. The van der Waals surface area contributed by atoms with E-state index in [2.05, 4.69) is 13.8 Å². The number of hydrogen-bond acceptors (Lipinski definition) is 1. The van der Waals surface area contributed by atoms with Crippen LogP contribution in [0.25, 0.3) is 0 Å². The Kier molecular flexibility index (Phi) is 4.76. The van der Waals surface area contributed by atoms with E-state index in [0.29, 0.717) is 5.92 Å². The van der Waals surface area contributed by atoms with Gasteiger partial charge in [0.05, 0.1) is 0 Å². The number of nitrogens with two attached hydrogens (primary N) is 1. The van der Waals surface area contributed by atoms with Gasteiger partial charge in [0, 0.05) is 6.04 Å². The van der Waals surface area contributed by atoms with Crippen LogP contribution in [0.15, 0.2) is 24.3 Å². The maximum absolute atomic E-state index is 12.8. The zero-order chi connectivity index (χ0) is 11.3. The van der Waals surface area contributed by atoms with E-state index in [1.165, 1.54) is 12.1 Å². The molecule has 0 fully saturated rings. The molecule has 1 aromatic carbocycles. The predicted octanol–water partition coefficient (Wildman–Crippen LogP) is 3.45. The van der Waals surface area contributed by atoms with Gasteiger partial charge in [0.1, 0.15) is 5.82 Å². The summed E-state index contributed by atoms with van der Waals surface area (Å²) < 4.78 is 12.8. The third kappa shape index (κ3) is 3.31. The van der Waals surface area contributed by atoms with Crippen molar-refractivity contribution in [3.8, 4) is 0 Å². The summed E-state index contributed by atoms with van der Waals surface area (Å²) >= 11 is 0. The number of benzene rings is 1. The first kappa shape index (κ1) is 12.2. The summed E-state index contributed by atoms with van der Waals surface area (Å²) in [5.41, 5.74) is 7.27. The van der Waals surface area contributed by atoms with Gasteiger partial charge in [-0.3, -0.25) is 0 Å². The molecule has 0 aliphatic heterocycles. The fourth-order valence-corrected chi connectivity index (χ4v) is 2.03. The van der Waals surface area contributed by atoms with Crippen LogP contribution in [-0.2, 0) is 0 Å². The molecule has 0 saturated carbocycles. The third-order valence-electron chi connectivity index (χ3n) is 2.88. The van der Waals surface area contributed by atoms with Crippen molar-refractivity contribution in [2.24, 2.45) is 5.73 Å². The van der Waals surface area contributed by atoms with Crippen molar-refractivity contribution >= 4 is 0 Å². The van der Waals surface area contributed by atoms with E-state index in [1.54, 1.807) is 0 Å². The van der Waals surface area contributed by atoms with Gasteiger partial charge in [0.25, 0.3) is 0 Å². The molecule has 2 atom stereocenters. The first-order chi connectivity index (χ1) is 7.19. The Morgan fingerprint density at radius 2 is 1.80 bits per heavy atom. The predicted molar refractivity (Wildman–Crippen MR) is 62.3 cm³/mol. The second kappa shape index (κ2) is 5.86. The van der Waals surface area contributed by atoms with E-state index in [-0.39, 0.29) is 11.9 Å². The van der Waals surface area contributed by atoms with Gasteiger partial charge >= 0.3 is 0 Å². The number of hydrogen-bond donors (Lipinski definition) is 1. The minimum absolute atomic E-state index is 0.183. The fourth-order valence-electron chi connectivity index (χ4n) is 2.03. The van der Waals surface area contributed by atoms with Crippen molar-refractivity contribution in [3.63, 3.8) is 0 Å². The molecule has 0 radical (unpaired) electrons. The average Bonchev–Trinajstić information content (AvgIpc) is 2.22. The summed E-state index contributed by atoms with van der Waals surface area (Å²) in [4.78, 5) is 0. The molecule has 1 aromatic rings. The topological polar surface area (TPSA) is 26.0 Å². The first-order valence-electron chi connectivity index (χ1n) is 5.70. The van der Waals surface area contributed by atoms with Crippen molar-refractivity contribution in [1.29, 1.82) is 0 Å². The minimum atomic E-state index is -0.183. The quantitative estimate of drug-likeness (QED) is 0.789. The van der Waals surface area contributed by atoms with Crippen LogP contribution in [-0.4, -0.2) is 6.04 Å². The third-order valence-corrected chi connectivity index (χ3v) is 2.88. The summed E-state index contributed by atoms with van der Waals surface area (Å²) in [6.07, 6.45) is 3.13. The molecular weight excluding hydrogens is 189 g/mol. The molecule has 0 bridgehead atoms. The summed E-state index contributed by atoms with van der Waals surface area (Å²) in [6.45, 7) is 4.26. The molecule has 2 heteroatoms. The summed E-state index contributed by atoms with van der Waals surface area (Å²) in [5.74, 6) is 0.170. The van der Waals surface area contributed by atoms with E-state index in [1.807, 2.05) is 12.1 Å². The Labute approximate surface area is 91.5 Å². The molecular formula is C13H20FN. The summed E-state index contributed by atoms with van der Waals surface area (Å²) in [7, 11) is 0. The monoisotopic (exact) mass is 209 g/mol. The largest absolute Gasteiger partial charge is 0.327 e. The van der Waals surface area contributed by atoms with Gasteiger partial charge < -0.3 is 5.73 Å². The second-order valence-corrected chi connectivity index (χ2v) is 4.02. The lowest BCUT2D eigenvalue weighted by Gasteiger charge is -2.22. The molecule has 0 saturated heterocycles. The molecule has 15 heavy (non-hydrogen) atoms. The highest BCUT2D eigenvalue weighted by molar-refractivity contribution is 5.21. The van der Waals surface area contributed by atoms with Crippen molar-refractivity contribution < 1.29 is 4.39 Å². The van der Waals surface area contributed by atoms with Gasteiger partial charge in [-0.15, -0.1) is 0 Å². The van der Waals surface area contributed by atoms with Crippen LogP contribution in [0.2, 0.25) is 0 Å². The van der Waals surface area contributed by atoms with Crippen LogP contribution in [0.1, 0.15) is 44.6 Å². The average molecular weight is 209 g/mol. The number of rotatable bonds is 5. The van der Waals surface area contributed by atoms with Crippen molar-refractivity contribution in [3.05, 3.63) is 35.6 Å². The smallest absolute Gasteiger partial charge is 0.123 e. The van der Waals surface area contributed by atoms with Crippen LogP contribution in [0.4, 0.5) is 4.39 Å². The lowest BCUT2D eigenvalue weighted by molar-refractivity contribution is 0.482. The van der Waals surface area contributed by atoms with E-state index in [4.69, 9.17) is 5.73 Å². The van der Waals surface area contributed by atoms with Crippen LogP contribution >= 0.6 is 0 Å². The van der Waals surface area contributed by atoms with Crippen LogP contribution < -0.4 is 5.73 Å². The number of halogens is 1. The highest BCUT2D eigenvalue weighted by atomic mass is 19.1. The van der Waals surface area contributed by atoms with Gasteiger partial charge in [0.2, 0.25) is 0 Å². The van der Waals surface area contributed by atoms with Crippen LogP contribution in [0.3, 0.4) is 0 Å². The van der Waals surface area contributed by atoms with Gasteiger partial charge in [0.15, 0.2) is 0 Å². The SMILES string of the molecule is CCCC(N)C(CC)c1ccc(F)cc1. The Bertz CT molecular complexity index is 281. The lowest BCUT2D eigenvalue weighted by atomic mass is 9.87. The standard InChI is InChI=1S/C13H20FN/c1-3-5-13(15)12(4-2)10-6-8-11(14)9-7-10/h6-9,12-13H,3-5,15H2,1-2H3. The Morgan fingerprint density at radius 1 is 1.20 bits per heavy atom. The molecule has 0 aromatic heterocycles. The molecule has 2 N–H and O–H groups in total. The van der Waals surface area contributed by atoms with Gasteiger partial charge in [-0.25, -0.2) is 4.39 Å². The maximum atomic E-state index is 12.8. The van der Waals surface area contributed by atoms with Crippen molar-refractivity contribution in [2.75, 3.05) is 0 Å². The summed E-state index contributed by atoms with van der Waals surface area (Å²) in [5, 5.41) is 0. The Hall–Kier alpha value is -0.890. The van der Waals surface area contributed by atoms with Crippen molar-refractivity contribution in [2.45, 2.75) is 45.1 Å².